The summed E-state index contributed by atoms with van der Waals surface area (Å²) in [6.07, 6.45) is 0. The molecular formula is C19H24Cl2N2. The van der Waals surface area contributed by atoms with Crippen molar-refractivity contribution in [2.45, 2.75) is 12.0 Å². The molecule has 0 radical (unpaired) electrons. The molecule has 2 aliphatic heterocycles. The van der Waals surface area contributed by atoms with Gasteiger partial charge in [-0.3, -0.25) is 4.90 Å². The molecule has 0 amide bonds. The Hall–Kier alpha value is -1.06. The summed E-state index contributed by atoms with van der Waals surface area (Å²) in [7, 11) is 2.24. The van der Waals surface area contributed by atoms with Crippen molar-refractivity contribution >= 4 is 24.8 Å². The highest BCUT2D eigenvalue weighted by atomic mass is 35.5. The van der Waals surface area contributed by atoms with Crippen LogP contribution < -0.4 is 0 Å². The lowest BCUT2D eigenvalue weighted by molar-refractivity contribution is 0.0772. The first-order valence-corrected chi connectivity index (χ1v) is 7.89. The topological polar surface area (TPSA) is 6.48 Å². The van der Waals surface area contributed by atoms with Crippen molar-refractivity contribution in [3.8, 4) is 0 Å². The quantitative estimate of drug-likeness (QED) is 0.767. The Morgan fingerprint density at radius 2 is 1.43 bits per heavy atom. The number of hydrogen-bond donors (Lipinski definition) is 0. The van der Waals surface area contributed by atoms with E-state index in [4.69, 9.17) is 0 Å². The van der Waals surface area contributed by atoms with Crippen molar-refractivity contribution in [1.82, 2.24) is 9.80 Å². The van der Waals surface area contributed by atoms with E-state index in [1.807, 2.05) is 0 Å². The van der Waals surface area contributed by atoms with Gasteiger partial charge in [-0.15, -0.1) is 24.8 Å². The average Bonchev–Trinajstić information content (AvgIpc) is 2.55. The second-order valence-electron chi connectivity index (χ2n) is 6.37. The molecule has 124 valence electrons. The first-order chi connectivity index (χ1) is 10.3. The molecule has 2 atom stereocenters. The van der Waals surface area contributed by atoms with Crippen LogP contribution in [0.2, 0.25) is 0 Å². The molecule has 0 saturated carbocycles. The number of hydrogen-bond acceptors (Lipinski definition) is 2. The van der Waals surface area contributed by atoms with Gasteiger partial charge in [0, 0.05) is 38.1 Å². The summed E-state index contributed by atoms with van der Waals surface area (Å²) in [5, 5.41) is 0. The predicted octanol–water partition coefficient (Wildman–Crippen LogP) is 3.96. The van der Waals surface area contributed by atoms with E-state index in [-0.39, 0.29) is 24.8 Å². The molecular weight excluding hydrogens is 327 g/mol. The molecule has 4 rings (SSSR count). The van der Waals surface area contributed by atoms with Gasteiger partial charge in [-0.25, -0.2) is 0 Å². The predicted molar refractivity (Wildman–Crippen MR) is 101 cm³/mol. The fraction of sp³-hybridized carbons (Fsp3) is 0.368. The Labute approximate surface area is 151 Å². The lowest BCUT2D eigenvalue weighted by Gasteiger charge is -2.46. The first kappa shape index (κ1) is 18.3. The van der Waals surface area contributed by atoms with Crippen molar-refractivity contribution in [3.63, 3.8) is 0 Å². The van der Waals surface area contributed by atoms with Gasteiger partial charge in [0.25, 0.3) is 0 Å². The molecule has 0 unspecified atom stereocenters. The molecule has 23 heavy (non-hydrogen) atoms. The summed E-state index contributed by atoms with van der Waals surface area (Å²) in [6.45, 7) is 4.66. The zero-order chi connectivity index (χ0) is 14.2. The van der Waals surface area contributed by atoms with E-state index < -0.39 is 0 Å². The maximum absolute atomic E-state index is 2.68. The van der Waals surface area contributed by atoms with Gasteiger partial charge in [0.1, 0.15) is 0 Å². The fourth-order valence-electron chi connectivity index (χ4n) is 3.91. The molecule has 2 nitrogen and oxygen atoms in total. The van der Waals surface area contributed by atoms with Gasteiger partial charge in [0.2, 0.25) is 0 Å². The molecule has 0 spiro atoms. The molecule has 4 heteroatoms. The van der Waals surface area contributed by atoms with Crippen LogP contribution in [0.1, 0.15) is 28.7 Å². The summed E-state index contributed by atoms with van der Waals surface area (Å²) in [6, 6.07) is 20.6. The monoisotopic (exact) mass is 350 g/mol. The van der Waals surface area contributed by atoms with Crippen molar-refractivity contribution < 1.29 is 0 Å². The summed E-state index contributed by atoms with van der Waals surface area (Å²) in [5.74, 6) is 0.516. The highest BCUT2D eigenvalue weighted by Gasteiger charge is 2.35. The van der Waals surface area contributed by atoms with Crippen LogP contribution in [-0.2, 0) is 0 Å². The van der Waals surface area contributed by atoms with Crippen molar-refractivity contribution in [2.24, 2.45) is 0 Å². The zero-order valence-corrected chi connectivity index (χ0v) is 15.0. The van der Waals surface area contributed by atoms with Gasteiger partial charge in [0.15, 0.2) is 0 Å². The van der Waals surface area contributed by atoms with E-state index in [0.717, 1.165) is 13.1 Å². The number of piperazine rings is 1. The summed E-state index contributed by atoms with van der Waals surface area (Å²) >= 11 is 0. The van der Waals surface area contributed by atoms with Gasteiger partial charge in [-0.1, -0.05) is 54.6 Å². The minimum absolute atomic E-state index is 0. The normalized spacial score (nSPS) is 23.9. The van der Waals surface area contributed by atoms with Gasteiger partial charge >= 0.3 is 0 Å². The molecule has 2 aliphatic rings. The highest BCUT2D eigenvalue weighted by molar-refractivity contribution is 5.85. The second kappa shape index (κ2) is 7.67. The van der Waals surface area contributed by atoms with Gasteiger partial charge in [0.05, 0.1) is 0 Å². The minimum atomic E-state index is 0. The molecule has 1 saturated heterocycles. The second-order valence-corrected chi connectivity index (χ2v) is 6.37. The molecule has 0 aromatic heterocycles. The number of benzene rings is 2. The average molecular weight is 351 g/mol. The number of rotatable bonds is 1. The van der Waals surface area contributed by atoms with Crippen LogP contribution in [0, 0.1) is 0 Å². The molecule has 0 bridgehead atoms. The Balaban J connectivity index is 0.000000960. The number of fused-ring (bicyclic) bond motifs is 3. The van der Waals surface area contributed by atoms with Gasteiger partial charge < -0.3 is 4.90 Å². The van der Waals surface area contributed by atoms with Crippen LogP contribution in [0.4, 0.5) is 0 Å². The van der Waals surface area contributed by atoms with E-state index in [1.165, 1.54) is 29.8 Å². The molecule has 0 aliphatic carbocycles. The van der Waals surface area contributed by atoms with Crippen LogP contribution in [0.25, 0.3) is 0 Å². The Bertz CT molecular complexity index is 632. The Kier molecular flexibility index (Phi) is 6.10. The lowest BCUT2D eigenvalue weighted by atomic mass is 9.80. The Morgan fingerprint density at radius 1 is 0.783 bits per heavy atom. The van der Waals surface area contributed by atoms with Crippen LogP contribution >= 0.6 is 24.8 Å². The largest absolute Gasteiger partial charge is 0.303 e. The first-order valence-electron chi connectivity index (χ1n) is 7.89. The zero-order valence-electron chi connectivity index (χ0n) is 13.4. The van der Waals surface area contributed by atoms with Crippen LogP contribution in [0.15, 0.2) is 54.6 Å². The van der Waals surface area contributed by atoms with Crippen molar-refractivity contribution in [3.05, 3.63) is 71.3 Å². The fourth-order valence-corrected chi connectivity index (χ4v) is 3.91. The molecule has 2 aromatic rings. The van der Waals surface area contributed by atoms with Crippen molar-refractivity contribution in [1.29, 1.82) is 0 Å². The van der Waals surface area contributed by atoms with Crippen LogP contribution in [0.3, 0.4) is 0 Å². The summed E-state index contributed by atoms with van der Waals surface area (Å²) in [5.41, 5.74) is 4.51. The molecule has 2 heterocycles. The minimum Gasteiger partial charge on any atom is -0.303 e. The standard InChI is InChI=1S/C19H22N2.2ClH/c1-20-11-12-21-13-18(15-7-3-2-4-8-15)16-9-5-6-10-17(16)19(21)14-20;;/h2-10,18-19H,11-14H2,1H3;2*1H/t18-,19+;;/m0../s1. The maximum Gasteiger partial charge on any atom is 0.0478 e. The third-order valence-corrected chi connectivity index (χ3v) is 5.04. The highest BCUT2D eigenvalue weighted by Crippen LogP contribution is 2.40. The molecule has 0 N–H and O–H groups in total. The summed E-state index contributed by atoms with van der Waals surface area (Å²) < 4.78 is 0. The smallest absolute Gasteiger partial charge is 0.0478 e. The molecule has 2 aromatic carbocycles. The third kappa shape index (κ3) is 3.41. The van der Waals surface area contributed by atoms with E-state index in [0.29, 0.717) is 12.0 Å². The van der Waals surface area contributed by atoms with Crippen LogP contribution in [-0.4, -0.2) is 43.0 Å². The van der Waals surface area contributed by atoms with Gasteiger partial charge in [-0.2, -0.15) is 0 Å². The van der Waals surface area contributed by atoms with Gasteiger partial charge in [-0.05, 0) is 23.7 Å². The lowest BCUT2D eigenvalue weighted by Crippen LogP contribution is -2.50. The van der Waals surface area contributed by atoms with Crippen molar-refractivity contribution in [2.75, 3.05) is 33.2 Å². The molecule has 1 fully saturated rings. The number of halogens is 2. The van der Waals surface area contributed by atoms with Crippen LogP contribution in [0.5, 0.6) is 0 Å². The van der Waals surface area contributed by atoms with E-state index >= 15 is 0 Å². The van der Waals surface area contributed by atoms with E-state index in [2.05, 4.69) is 71.4 Å². The SMILES string of the molecule is CN1CCN2C[C@@H](c3ccccc3)c3ccccc3[C@H]2C1.Cl.Cl. The van der Waals surface area contributed by atoms with E-state index in [1.54, 1.807) is 0 Å². The number of nitrogens with zero attached hydrogens (tertiary/aromatic N) is 2. The van der Waals surface area contributed by atoms with E-state index in [9.17, 15) is 0 Å². The summed E-state index contributed by atoms with van der Waals surface area (Å²) in [4.78, 5) is 5.14. The number of likely N-dealkylation sites (N-methyl/N-ethyl adjacent to an activating group) is 1. The third-order valence-electron chi connectivity index (χ3n) is 5.04. The Morgan fingerprint density at radius 3 is 2.17 bits per heavy atom. The maximum atomic E-state index is 2.68.